The molecule has 0 aliphatic carbocycles. The summed E-state index contributed by atoms with van der Waals surface area (Å²) in [6.45, 7) is 7.59. The van der Waals surface area contributed by atoms with Crippen LogP contribution in [0.3, 0.4) is 0 Å². The molecule has 3 aromatic rings. The lowest BCUT2D eigenvalue weighted by molar-refractivity contribution is -0.715. The first-order chi connectivity index (χ1) is 21.9. The van der Waals surface area contributed by atoms with Crippen LogP contribution in [0.25, 0.3) is 16.9 Å². The van der Waals surface area contributed by atoms with Crippen molar-refractivity contribution in [3.8, 4) is 16.9 Å². The number of sulfonamides is 1. The SMILES string of the molecule is CC(=O)OC(C)O/N=[N+](\[O-])N(C)[C@H](COC(=O)NS(=O)(=O)c1ccc(-n2nc(C(F)(F)F)cc2-c2ccc(C)cc2)cc1)CC(C)C. The number of aryl methyl sites for hydroxylation is 1. The highest BCUT2D eigenvalue weighted by molar-refractivity contribution is 7.90. The quantitative estimate of drug-likeness (QED) is 0.0815. The van der Waals surface area contributed by atoms with Gasteiger partial charge in [-0.3, -0.25) is 9.63 Å². The molecular formula is C29H35F3N6O8S. The number of ether oxygens (including phenoxy) is 2. The first-order valence-electron chi connectivity index (χ1n) is 14.2. The van der Waals surface area contributed by atoms with Crippen molar-refractivity contribution in [1.82, 2.24) is 19.5 Å². The van der Waals surface area contributed by atoms with Crippen molar-refractivity contribution in [2.24, 2.45) is 11.2 Å². The second-order valence-electron chi connectivity index (χ2n) is 10.9. The lowest BCUT2D eigenvalue weighted by Gasteiger charge is -2.25. The smallest absolute Gasteiger partial charge is 0.435 e. The van der Waals surface area contributed by atoms with Gasteiger partial charge in [-0.2, -0.15) is 18.3 Å². The number of likely N-dealkylation sites (N-methyl/N-ethyl adjacent to an activating group) is 1. The first kappa shape index (κ1) is 36.6. The third-order valence-electron chi connectivity index (χ3n) is 6.50. The van der Waals surface area contributed by atoms with Crippen LogP contribution in [0.1, 0.15) is 45.4 Å². The van der Waals surface area contributed by atoms with Crippen molar-refractivity contribution >= 4 is 22.1 Å². The van der Waals surface area contributed by atoms with E-state index in [-0.39, 0.29) is 27.2 Å². The molecule has 0 fully saturated rings. The summed E-state index contributed by atoms with van der Waals surface area (Å²) < 4.78 is 79.0. The molecule has 14 nitrogen and oxygen atoms in total. The molecule has 3 rings (SSSR count). The zero-order valence-corrected chi connectivity index (χ0v) is 27.2. The summed E-state index contributed by atoms with van der Waals surface area (Å²) in [7, 11) is -3.14. The summed E-state index contributed by atoms with van der Waals surface area (Å²) >= 11 is 0. The molecule has 0 spiro atoms. The third kappa shape index (κ3) is 10.3. The molecule has 0 aliphatic heterocycles. The number of amides is 1. The van der Waals surface area contributed by atoms with Crippen molar-refractivity contribution < 1.29 is 50.5 Å². The molecule has 1 N–H and O–H groups in total. The Bertz CT molecular complexity index is 1680. The number of esters is 1. The highest BCUT2D eigenvalue weighted by atomic mass is 32.2. The number of hydrogen-bond acceptors (Lipinski definition) is 10. The number of carbonyl (C=O) groups excluding carboxylic acids is 2. The van der Waals surface area contributed by atoms with Crippen molar-refractivity contribution in [2.45, 2.75) is 64.4 Å². The molecule has 1 heterocycles. The van der Waals surface area contributed by atoms with E-state index in [0.717, 1.165) is 40.4 Å². The Morgan fingerprint density at radius 1 is 1.11 bits per heavy atom. The molecule has 1 aromatic heterocycles. The number of aromatic nitrogens is 2. The fraction of sp³-hybridized carbons (Fsp3) is 0.414. The zero-order valence-electron chi connectivity index (χ0n) is 26.4. The van der Waals surface area contributed by atoms with E-state index in [2.05, 4.69) is 10.4 Å². The Morgan fingerprint density at radius 2 is 1.72 bits per heavy atom. The predicted octanol–water partition coefficient (Wildman–Crippen LogP) is 5.35. The van der Waals surface area contributed by atoms with Crippen LogP contribution >= 0.6 is 0 Å². The van der Waals surface area contributed by atoms with E-state index in [9.17, 15) is 36.4 Å². The van der Waals surface area contributed by atoms with Gasteiger partial charge in [0.1, 0.15) is 12.6 Å². The number of alkyl halides is 3. The van der Waals surface area contributed by atoms with Crippen molar-refractivity contribution in [3.05, 3.63) is 71.1 Å². The van der Waals surface area contributed by atoms with E-state index in [0.29, 0.717) is 12.0 Å². The Kier molecular flexibility index (Phi) is 11.8. The van der Waals surface area contributed by atoms with E-state index < -0.39 is 52.9 Å². The van der Waals surface area contributed by atoms with E-state index >= 15 is 0 Å². The van der Waals surface area contributed by atoms with Gasteiger partial charge in [0, 0.05) is 19.4 Å². The van der Waals surface area contributed by atoms with E-state index in [4.69, 9.17) is 14.3 Å². The summed E-state index contributed by atoms with van der Waals surface area (Å²) in [5.74, 6) is -0.634. The normalized spacial score (nSPS) is 13.5. The molecule has 0 saturated carbocycles. The molecule has 47 heavy (non-hydrogen) atoms. The fourth-order valence-electron chi connectivity index (χ4n) is 4.21. The van der Waals surface area contributed by atoms with Gasteiger partial charge < -0.3 is 14.7 Å². The standard InChI is InChI=1S/C29H35F3N6O8S/c1-18(2)15-24(36(6)38(41)35-46-21(5)45-20(4)39)17-44-28(40)34-47(42,43)25-13-11-23(12-14-25)37-26(16-27(33-37)29(30,31)32)22-9-7-19(3)8-10-22/h7-14,16,18,21,24H,15,17H2,1-6H3,(H,34,40)/b38-35-/t21?,24-/m0/s1. The number of halogens is 3. The number of benzene rings is 2. The lowest BCUT2D eigenvalue weighted by atomic mass is 10.0. The minimum Gasteiger partial charge on any atom is -0.569 e. The first-order valence-corrected chi connectivity index (χ1v) is 15.6. The molecule has 18 heteroatoms. The monoisotopic (exact) mass is 684 g/mol. The summed E-state index contributed by atoms with van der Waals surface area (Å²) in [5.41, 5.74) is 0.493. The van der Waals surface area contributed by atoms with Gasteiger partial charge >= 0.3 is 18.2 Å². The maximum Gasteiger partial charge on any atom is 0.435 e. The number of nitrogens with one attached hydrogen (secondary N) is 1. The predicted molar refractivity (Wildman–Crippen MR) is 160 cm³/mol. The van der Waals surface area contributed by atoms with Crippen LogP contribution in [0, 0.1) is 18.0 Å². The van der Waals surface area contributed by atoms with Crippen LogP contribution in [0.15, 0.2) is 64.8 Å². The minimum atomic E-state index is -4.72. The van der Waals surface area contributed by atoms with Crippen LogP contribution in [-0.2, 0) is 35.3 Å². The Hall–Kier alpha value is -4.87. The Balaban J connectivity index is 1.73. The number of carbonyl (C=O) groups is 2. The number of hydrogen-bond donors (Lipinski definition) is 1. The van der Waals surface area contributed by atoms with Gasteiger partial charge in [0.15, 0.2) is 5.69 Å². The molecular weight excluding hydrogens is 649 g/mol. The van der Waals surface area contributed by atoms with Crippen LogP contribution in [0.2, 0.25) is 0 Å². The van der Waals surface area contributed by atoms with Gasteiger partial charge in [0.25, 0.3) is 16.3 Å². The highest BCUT2D eigenvalue weighted by Gasteiger charge is 2.35. The Labute approximate surface area is 269 Å². The van der Waals surface area contributed by atoms with E-state index in [1.165, 1.54) is 26.1 Å². The summed E-state index contributed by atoms with van der Waals surface area (Å²) in [5, 5.41) is 20.5. The molecule has 256 valence electrons. The highest BCUT2D eigenvalue weighted by Crippen LogP contribution is 2.33. The van der Waals surface area contributed by atoms with Gasteiger partial charge in [-0.1, -0.05) is 43.7 Å². The average Bonchev–Trinajstić information content (AvgIpc) is 3.44. The fourth-order valence-corrected chi connectivity index (χ4v) is 5.11. The molecule has 2 atom stereocenters. The van der Waals surface area contributed by atoms with Gasteiger partial charge in [0.05, 0.1) is 28.3 Å². The van der Waals surface area contributed by atoms with Crippen LogP contribution < -0.4 is 4.72 Å². The van der Waals surface area contributed by atoms with Crippen LogP contribution in [0.5, 0.6) is 0 Å². The molecule has 0 radical (unpaired) electrons. The summed E-state index contributed by atoms with van der Waals surface area (Å²) in [4.78, 5) is 28.0. The van der Waals surface area contributed by atoms with E-state index in [1.807, 2.05) is 20.8 Å². The third-order valence-corrected chi connectivity index (χ3v) is 7.83. The van der Waals surface area contributed by atoms with Crippen molar-refractivity contribution in [3.63, 3.8) is 0 Å². The summed E-state index contributed by atoms with van der Waals surface area (Å²) in [6, 6.07) is 11.6. The van der Waals surface area contributed by atoms with E-state index in [1.54, 1.807) is 29.0 Å². The van der Waals surface area contributed by atoms with Gasteiger partial charge in [-0.25, -0.2) is 22.6 Å². The van der Waals surface area contributed by atoms with Crippen molar-refractivity contribution in [1.29, 1.82) is 0 Å². The molecule has 2 aromatic carbocycles. The maximum atomic E-state index is 13.5. The maximum absolute atomic E-state index is 13.5. The molecule has 0 aliphatic rings. The van der Waals surface area contributed by atoms with Gasteiger partial charge in [-0.15, -0.1) is 5.01 Å². The Morgan fingerprint density at radius 3 is 2.28 bits per heavy atom. The van der Waals surface area contributed by atoms with Crippen molar-refractivity contribution in [2.75, 3.05) is 13.7 Å². The lowest BCUT2D eigenvalue weighted by Crippen LogP contribution is -2.43. The number of rotatable bonds is 13. The number of nitrogens with zero attached hydrogens (tertiary/aromatic N) is 5. The molecule has 1 unspecified atom stereocenters. The molecule has 0 bridgehead atoms. The topological polar surface area (TPSA) is 167 Å². The largest absolute Gasteiger partial charge is 0.569 e. The second kappa shape index (κ2) is 15.1. The minimum absolute atomic E-state index is 0.0131. The van der Waals surface area contributed by atoms with Gasteiger partial charge in [-0.05, 0) is 49.6 Å². The summed E-state index contributed by atoms with van der Waals surface area (Å²) in [6.07, 6.45) is -6.89. The van der Waals surface area contributed by atoms with Crippen LogP contribution in [-0.4, -0.2) is 66.2 Å². The molecule has 1 amide bonds. The second-order valence-corrected chi connectivity index (χ2v) is 12.5. The zero-order chi connectivity index (χ0) is 35.1. The average molecular weight is 685 g/mol. The van der Waals surface area contributed by atoms with Crippen LogP contribution in [0.4, 0.5) is 18.0 Å². The number of hydrazine groups is 1. The van der Waals surface area contributed by atoms with Gasteiger partial charge in [0.2, 0.25) is 5.28 Å². The molecule has 0 saturated heterocycles.